The zero-order valence-corrected chi connectivity index (χ0v) is 10.4. The van der Waals surface area contributed by atoms with E-state index in [4.69, 9.17) is 10.5 Å². The van der Waals surface area contributed by atoms with Gasteiger partial charge in [-0.2, -0.15) is 0 Å². The molecule has 6 nitrogen and oxygen atoms in total. The van der Waals surface area contributed by atoms with Crippen molar-refractivity contribution in [3.05, 3.63) is 0 Å². The number of nitrogens with two attached hydrogens (primary N) is 1. The highest BCUT2D eigenvalue weighted by molar-refractivity contribution is 5.87. The third kappa shape index (κ3) is 5.14. The standard InChI is InChI=1S/C11H21N3O3/c1-7(11(16)14-8-3-4-8)13-10(15)5-9(6-12)17-2/h7-9H,3-6,12H2,1-2H3,(H,13,15)(H,14,16). The molecular weight excluding hydrogens is 222 g/mol. The second-order valence-corrected chi connectivity index (χ2v) is 4.37. The largest absolute Gasteiger partial charge is 0.380 e. The number of hydrogen-bond donors (Lipinski definition) is 3. The Morgan fingerprint density at radius 3 is 2.59 bits per heavy atom. The van der Waals surface area contributed by atoms with Gasteiger partial charge in [-0.1, -0.05) is 0 Å². The van der Waals surface area contributed by atoms with Crippen molar-refractivity contribution in [2.24, 2.45) is 5.73 Å². The van der Waals surface area contributed by atoms with Crippen LogP contribution in [0.4, 0.5) is 0 Å². The Bertz CT molecular complexity index is 275. The first-order chi connectivity index (χ1) is 8.06. The third-order valence-corrected chi connectivity index (χ3v) is 2.70. The molecule has 0 radical (unpaired) electrons. The number of nitrogens with one attached hydrogen (secondary N) is 2. The molecule has 1 saturated carbocycles. The second kappa shape index (κ2) is 6.56. The Kier molecular flexibility index (Phi) is 5.37. The van der Waals surface area contributed by atoms with Gasteiger partial charge in [0, 0.05) is 19.7 Å². The monoisotopic (exact) mass is 243 g/mol. The molecule has 0 spiro atoms. The summed E-state index contributed by atoms with van der Waals surface area (Å²) in [5.41, 5.74) is 5.41. The number of methoxy groups -OCH3 is 1. The molecule has 1 fully saturated rings. The van der Waals surface area contributed by atoms with Crippen LogP contribution in [0, 0.1) is 0 Å². The number of carbonyl (C=O) groups is 2. The van der Waals surface area contributed by atoms with Crippen molar-refractivity contribution in [1.82, 2.24) is 10.6 Å². The molecule has 0 aliphatic heterocycles. The summed E-state index contributed by atoms with van der Waals surface area (Å²) in [5.74, 6) is -0.358. The van der Waals surface area contributed by atoms with E-state index in [0.717, 1.165) is 12.8 Å². The lowest BCUT2D eigenvalue weighted by Gasteiger charge is -2.16. The zero-order chi connectivity index (χ0) is 12.8. The molecule has 0 heterocycles. The van der Waals surface area contributed by atoms with E-state index in [1.165, 1.54) is 7.11 Å². The topological polar surface area (TPSA) is 93.4 Å². The highest BCUT2D eigenvalue weighted by Gasteiger charge is 2.26. The predicted molar refractivity (Wildman–Crippen MR) is 63.2 cm³/mol. The molecule has 6 heteroatoms. The maximum atomic E-state index is 11.6. The highest BCUT2D eigenvalue weighted by Crippen LogP contribution is 2.18. The Morgan fingerprint density at radius 2 is 2.12 bits per heavy atom. The smallest absolute Gasteiger partial charge is 0.242 e. The Hall–Kier alpha value is -1.14. The first-order valence-corrected chi connectivity index (χ1v) is 5.89. The average Bonchev–Trinajstić information content (AvgIpc) is 3.09. The molecule has 1 rings (SSSR count). The van der Waals surface area contributed by atoms with Crippen LogP contribution in [0.1, 0.15) is 26.2 Å². The number of ether oxygens (including phenoxy) is 1. The molecule has 0 aromatic heterocycles. The van der Waals surface area contributed by atoms with Gasteiger partial charge in [0.25, 0.3) is 0 Å². The van der Waals surface area contributed by atoms with Crippen molar-refractivity contribution < 1.29 is 14.3 Å². The summed E-state index contributed by atoms with van der Waals surface area (Å²) in [6.45, 7) is 1.95. The summed E-state index contributed by atoms with van der Waals surface area (Å²) in [6.07, 6.45) is 1.94. The van der Waals surface area contributed by atoms with Crippen molar-refractivity contribution in [3.63, 3.8) is 0 Å². The van der Waals surface area contributed by atoms with E-state index in [0.29, 0.717) is 6.04 Å². The molecule has 0 bridgehead atoms. The molecule has 0 saturated heterocycles. The lowest BCUT2D eigenvalue weighted by atomic mass is 10.2. The summed E-state index contributed by atoms with van der Waals surface area (Å²) in [6, 6.07) is -0.212. The number of carbonyl (C=O) groups excluding carboxylic acids is 2. The molecule has 98 valence electrons. The van der Waals surface area contributed by atoms with Crippen LogP contribution in [0.3, 0.4) is 0 Å². The summed E-state index contributed by atoms with van der Waals surface area (Å²) in [7, 11) is 1.51. The summed E-state index contributed by atoms with van der Waals surface area (Å²) in [5, 5.41) is 5.46. The third-order valence-electron chi connectivity index (χ3n) is 2.70. The van der Waals surface area contributed by atoms with Gasteiger partial charge in [-0.05, 0) is 19.8 Å². The first kappa shape index (κ1) is 13.9. The molecule has 2 amide bonds. The van der Waals surface area contributed by atoms with Crippen LogP contribution in [0.5, 0.6) is 0 Å². The molecule has 4 N–H and O–H groups in total. The van der Waals surface area contributed by atoms with Crippen molar-refractivity contribution >= 4 is 11.8 Å². The molecule has 2 unspecified atom stereocenters. The highest BCUT2D eigenvalue weighted by atomic mass is 16.5. The van der Waals surface area contributed by atoms with Crippen LogP contribution in [-0.4, -0.2) is 43.7 Å². The minimum atomic E-state index is -0.515. The fourth-order valence-electron chi connectivity index (χ4n) is 1.39. The van der Waals surface area contributed by atoms with Gasteiger partial charge in [-0.25, -0.2) is 0 Å². The minimum Gasteiger partial charge on any atom is -0.380 e. The first-order valence-electron chi connectivity index (χ1n) is 5.89. The Balaban J connectivity index is 2.25. The predicted octanol–water partition coefficient (Wildman–Crippen LogP) is -0.866. The van der Waals surface area contributed by atoms with Gasteiger partial charge in [0.15, 0.2) is 0 Å². The summed E-state index contributed by atoms with van der Waals surface area (Å²) in [4.78, 5) is 23.1. The molecule has 0 aromatic rings. The van der Waals surface area contributed by atoms with E-state index < -0.39 is 6.04 Å². The minimum absolute atomic E-state index is 0.137. The van der Waals surface area contributed by atoms with Crippen LogP contribution >= 0.6 is 0 Å². The SMILES string of the molecule is COC(CN)CC(=O)NC(C)C(=O)NC1CC1. The van der Waals surface area contributed by atoms with E-state index in [2.05, 4.69) is 10.6 Å². The van der Waals surface area contributed by atoms with E-state index in [9.17, 15) is 9.59 Å². The molecule has 17 heavy (non-hydrogen) atoms. The molecular formula is C11H21N3O3. The fraction of sp³-hybridized carbons (Fsp3) is 0.818. The van der Waals surface area contributed by atoms with E-state index >= 15 is 0 Å². The number of rotatable bonds is 7. The van der Waals surface area contributed by atoms with E-state index in [1.54, 1.807) is 6.92 Å². The van der Waals surface area contributed by atoms with E-state index in [1.807, 2.05) is 0 Å². The van der Waals surface area contributed by atoms with Crippen molar-refractivity contribution in [1.29, 1.82) is 0 Å². The normalized spacial score (nSPS) is 18.3. The molecule has 0 aromatic carbocycles. The fourth-order valence-corrected chi connectivity index (χ4v) is 1.39. The maximum Gasteiger partial charge on any atom is 0.242 e. The second-order valence-electron chi connectivity index (χ2n) is 4.37. The summed E-state index contributed by atoms with van der Waals surface area (Å²) < 4.78 is 5.00. The molecule has 2 atom stereocenters. The quantitative estimate of drug-likeness (QED) is 0.542. The van der Waals surface area contributed by atoms with Crippen LogP contribution in [0.15, 0.2) is 0 Å². The molecule has 1 aliphatic carbocycles. The van der Waals surface area contributed by atoms with Gasteiger partial charge in [0.2, 0.25) is 11.8 Å². The van der Waals surface area contributed by atoms with Gasteiger partial charge >= 0.3 is 0 Å². The van der Waals surface area contributed by atoms with Crippen LogP contribution < -0.4 is 16.4 Å². The lowest BCUT2D eigenvalue weighted by Crippen LogP contribution is -2.46. The van der Waals surface area contributed by atoms with Crippen molar-refractivity contribution in [3.8, 4) is 0 Å². The van der Waals surface area contributed by atoms with Crippen LogP contribution in [0.25, 0.3) is 0 Å². The van der Waals surface area contributed by atoms with Crippen molar-refractivity contribution in [2.45, 2.75) is 44.4 Å². The Labute approximate surface area is 101 Å². The number of hydrogen-bond acceptors (Lipinski definition) is 4. The van der Waals surface area contributed by atoms with E-state index in [-0.39, 0.29) is 30.9 Å². The Morgan fingerprint density at radius 1 is 1.47 bits per heavy atom. The van der Waals surface area contributed by atoms with Gasteiger partial charge < -0.3 is 21.1 Å². The summed E-state index contributed by atoms with van der Waals surface area (Å²) >= 11 is 0. The van der Waals surface area contributed by atoms with Gasteiger partial charge in [0.1, 0.15) is 6.04 Å². The maximum absolute atomic E-state index is 11.6. The van der Waals surface area contributed by atoms with Crippen molar-refractivity contribution in [2.75, 3.05) is 13.7 Å². The average molecular weight is 243 g/mol. The van der Waals surface area contributed by atoms with Crippen LogP contribution in [-0.2, 0) is 14.3 Å². The zero-order valence-electron chi connectivity index (χ0n) is 10.4. The van der Waals surface area contributed by atoms with Gasteiger partial charge in [0.05, 0.1) is 12.5 Å². The van der Waals surface area contributed by atoms with Crippen LogP contribution in [0.2, 0.25) is 0 Å². The molecule has 1 aliphatic rings. The van der Waals surface area contributed by atoms with Gasteiger partial charge in [-0.3, -0.25) is 9.59 Å². The number of amides is 2. The lowest BCUT2D eigenvalue weighted by molar-refractivity contribution is -0.129. The van der Waals surface area contributed by atoms with Gasteiger partial charge in [-0.15, -0.1) is 0 Å².